The molecule has 0 fully saturated rings. The predicted octanol–water partition coefficient (Wildman–Crippen LogP) is 4.80. The highest BCUT2D eigenvalue weighted by Crippen LogP contribution is 2.22. The van der Waals surface area contributed by atoms with E-state index in [0.29, 0.717) is 21.5 Å². The van der Waals surface area contributed by atoms with E-state index in [1.54, 1.807) is 30.3 Å². The Morgan fingerprint density at radius 3 is 2.40 bits per heavy atom. The summed E-state index contributed by atoms with van der Waals surface area (Å²) in [6, 6.07) is 14.3. The first-order valence-electron chi connectivity index (χ1n) is 7.53. The summed E-state index contributed by atoms with van der Waals surface area (Å²) in [6.07, 6.45) is -0.912. The van der Waals surface area contributed by atoms with Crippen LogP contribution in [0.2, 0.25) is 10.0 Å². The number of anilines is 1. The van der Waals surface area contributed by atoms with Crippen LogP contribution in [0.15, 0.2) is 48.5 Å². The molecule has 25 heavy (non-hydrogen) atoms. The van der Waals surface area contributed by atoms with Crippen LogP contribution in [0.25, 0.3) is 0 Å². The van der Waals surface area contributed by atoms with E-state index in [1.165, 1.54) is 18.7 Å². The first-order chi connectivity index (χ1) is 12.0. The number of carbonyl (C=O) groups is 2. The molecule has 0 aliphatic carbocycles. The third-order valence-electron chi connectivity index (χ3n) is 3.24. The van der Waals surface area contributed by atoms with Crippen LogP contribution in [0, 0.1) is 0 Å². The molecule has 1 N–H and O–H groups in total. The summed E-state index contributed by atoms with van der Waals surface area (Å²) in [5.74, 6) is -0.166. The van der Waals surface area contributed by atoms with Crippen molar-refractivity contribution in [2.24, 2.45) is 0 Å². The topological polar surface area (TPSA) is 55.4 Å². The van der Waals surface area contributed by atoms with Gasteiger partial charge in [0.1, 0.15) is 0 Å². The Kier molecular flexibility index (Phi) is 7.62. The normalized spacial score (nSPS) is 11.6. The molecule has 0 aliphatic heterocycles. The lowest BCUT2D eigenvalue weighted by molar-refractivity contribution is -0.150. The summed E-state index contributed by atoms with van der Waals surface area (Å²) in [6.45, 7) is 1.52. The van der Waals surface area contributed by atoms with Gasteiger partial charge < -0.3 is 10.1 Å². The summed E-state index contributed by atoms with van der Waals surface area (Å²) in [5, 5.41) is 3.72. The van der Waals surface area contributed by atoms with Gasteiger partial charge in [0.2, 0.25) is 0 Å². The van der Waals surface area contributed by atoms with Crippen LogP contribution in [-0.2, 0) is 20.1 Å². The minimum atomic E-state index is -0.912. The van der Waals surface area contributed by atoms with Crippen LogP contribution < -0.4 is 5.32 Å². The zero-order chi connectivity index (χ0) is 18.2. The molecule has 0 bridgehead atoms. The second-order valence-electron chi connectivity index (χ2n) is 5.19. The molecule has 0 radical (unpaired) electrons. The van der Waals surface area contributed by atoms with E-state index in [-0.39, 0.29) is 5.75 Å². The maximum Gasteiger partial charge on any atom is 0.316 e. The zero-order valence-electron chi connectivity index (χ0n) is 13.5. The number of hydrogen-bond acceptors (Lipinski definition) is 4. The van der Waals surface area contributed by atoms with Crippen LogP contribution in [-0.4, -0.2) is 23.7 Å². The lowest BCUT2D eigenvalue weighted by Gasteiger charge is -2.14. The molecule has 1 atom stereocenters. The van der Waals surface area contributed by atoms with Gasteiger partial charge in [-0.15, -0.1) is 11.8 Å². The summed E-state index contributed by atoms with van der Waals surface area (Å²) in [4.78, 5) is 23.9. The van der Waals surface area contributed by atoms with E-state index in [4.69, 9.17) is 27.9 Å². The van der Waals surface area contributed by atoms with Crippen molar-refractivity contribution in [3.8, 4) is 0 Å². The van der Waals surface area contributed by atoms with E-state index in [9.17, 15) is 9.59 Å². The number of benzene rings is 2. The van der Waals surface area contributed by atoms with Crippen molar-refractivity contribution in [2.45, 2.75) is 18.8 Å². The Bertz CT molecular complexity index is 755. The number of amides is 1. The van der Waals surface area contributed by atoms with E-state index in [0.717, 1.165) is 5.56 Å². The van der Waals surface area contributed by atoms with E-state index < -0.39 is 18.0 Å². The molecule has 0 spiro atoms. The number of rotatable bonds is 7. The van der Waals surface area contributed by atoms with Crippen LogP contribution >= 0.6 is 35.0 Å². The molecule has 1 amide bonds. The number of thioether (sulfide) groups is 1. The second kappa shape index (κ2) is 9.70. The number of halogens is 2. The van der Waals surface area contributed by atoms with Crippen molar-refractivity contribution in [1.29, 1.82) is 0 Å². The molecule has 2 rings (SSSR count). The third-order valence-corrected chi connectivity index (χ3v) is 4.90. The van der Waals surface area contributed by atoms with Gasteiger partial charge in [-0.05, 0) is 30.7 Å². The quantitative estimate of drug-likeness (QED) is 0.681. The zero-order valence-corrected chi connectivity index (χ0v) is 15.8. The van der Waals surface area contributed by atoms with Gasteiger partial charge in [-0.1, -0.05) is 53.5 Å². The maximum absolute atomic E-state index is 12.1. The van der Waals surface area contributed by atoms with Crippen molar-refractivity contribution >= 4 is 52.5 Å². The van der Waals surface area contributed by atoms with Crippen LogP contribution in [0.3, 0.4) is 0 Å². The van der Waals surface area contributed by atoms with E-state index >= 15 is 0 Å². The average molecular weight is 398 g/mol. The van der Waals surface area contributed by atoms with Crippen LogP contribution in [0.5, 0.6) is 0 Å². The number of esters is 1. The summed E-state index contributed by atoms with van der Waals surface area (Å²) >= 11 is 13.4. The summed E-state index contributed by atoms with van der Waals surface area (Å²) in [5.41, 5.74) is 1.43. The summed E-state index contributed by atoms with van der Waals surface area (Å²) in [7, 11) is 0. The fourth-order valence-electron chi connectivity index (χ4n) is 1.94. The van der Waals surface area contributed by atoms with Gasteiger partial charge >= 0.3 is 5.97 Å². The number of ether oxygens (including phenoxy) is 1. The molecule has 2 aromatic rings. The van der Waals surface area contributed by atoms with Crippen molar-refractivity contribution < 1.29 is 14.3 Å². The lowest BCUT2D eigenvalue weighted by atomic mass is 10.2. The fraction of sp³-hybridized carbons (Fsp3) is 0.222. The monoisotopic (exact) mass is 397 g/mol. The SMILES string of the molecule is C[C@@H](OC(=O)CSCc1ccccc1Cl)C(=O)Nc1ccccc1Cl. The maximum atomic E-state index is 12.1. The van der Waals surface area contributed by atoms with Gasteiger partial charge in [0.15, 0.2) is 6.10 Å². The van der Waals surface area contributed by atoms with Gasteiger partial charge in [-0.25, -0.2) is 0 Å². The van der Waals surface area contributed by atoms with Crippen LogP contribution in [0.4, 0.5) is 5.69 Å². The van der Waals surface area contributed by atoms with Gasteiger partial charge in [0.05, 0.1) is 16.5 Å². The highest BCUT2D eigenvalue weighted by Gasteiger charge is 2.18. The first kappa shape index (κ1) is 19.6. The van der Waals surface area contributed by atoms with Gasteiger partial charge in [-0.3, -0.25) is 9.59 Å². The van der Waals surface area contributed by atoms with Crippen LogP contribution in [0.1, 0.15) is 12.5 Å². The number of hydrogen-bond donors (Lipinski definition) is 1. The highest BCUT2D eigenvalue weighted by atomic mass is 35.5. The molecular formula is C18H17Cl2NO3S. The molecule has 0 heterocycles. The van der Waals surface area contributed by atoms with Gasteiger partial charge in [0.25, 0.3) is 5.91 Å². The molecule has 0 saturated carbocycles. The van der Waals surface area contributed by atoms with Gasteiger partial charge in [-0.2, -0.15) is 0 Å². The molecule has 2 aromatic carbocycles. The highest BCUT2D eigenvalue weighted by molar-refractivity contribution is 7.99. The Labute approximate surface area is 160 Å². The standard InChI is InChI=1S/C18H17Cl2NO3S/c1-12(18(23)21-16-9-5-4-8-15(16)20)24-17(22)11-25-10-13-6-2-3-7-14(13)19/h2-9,12H,10-11H2,1H3,(H,21,23)/t12-/m1/s1. The summed E-state index contributed by atoms with van der Waals surface area (Å²) < 4.78 is 5.14. The minimum absolute atomic E-state index is 0.134. The number of nitrogens with one attached hydrogen (secondary N) is 1. The number of carbonyl (C=O) groups excluding carboxylic acids is 2. The Morgan fingerprint density at radius 1 is 1.08 bits per heavy atom. The first-order valence-corrected chi connectivity index (χ1v) is 9.44. The Morgan fingerprint density at radius 2 is 1.72 bits per heavy atom. The average Bonchev–Trinajstić information content (AvgIpc) is 2.58. The molecular weight excluding hydrogens is 381 g/mol. The van der Waals surface area contributed by atoms with Crippen molar-refractivity contribution in [1.82, 2.24) is 0 Å². The van der Waals surface area contributed by atoms with Gasteiger partial charge in [0, 0.05) is 10.8 Å². The largest absolute Gasteiger partial charge is 0.452 e. The number of para-hydroxylation sites is 1. The van der Waals surface area contributed by atoms with E-state index in [2.05, 4.69) is 5.32 Å². The molecule has 4 nitrogen and oxygen atoms in total. The Hall–Kier alpha value is -1.69. The lowest BCUT2D eigenvalue weighted by Crippen LogP contribution is -2.30. The Balaban J connectivity index is 1.77. The predicted molar refractivity (Wildman–Crippen MR) is 103 cm³/mol. The van der Waals surface area contributed by atoms with Crippen molar-refractivity contribution in [3.05, 3.63) is 64.1 Å². The third kappa shape index (κ3) is 6.27. The molecule has 0 aromatic heterocycles. The molecule has 0 unspecified atom stereocenters. The van der Waals surface area contributed by atoms with E-state index in [1.807, 2.05) is 18.2 Å². The fourth-order valence-corrected chi connectivity index (χ4v) is 3.21. The smallest absolute Gasteiger partial charge is 0.316 e. The molecule has 132 valence electrons. The van der Waals surface area contributed by atoms with Crippen molar-refractivity contribution in [2.75, 3.05) is 11.1 Å². The molecule has 0 aliphatic rings. The second-order valence-corrected chi connectivity index (χ2v) is 6.99. The molecule has 0 saturated heterocycles. The molecule has 7 heteroatoms. The van der Waals surface area contributed by atoms with Crippen molar-refractivity contribution in [3.63, 3.8) is 0 Å². The minimum Gasteiger partial charge on any atom is -0.452 e.